The highest BCUT2D eigenvalue weighted by Gasteiger charge is 2.04. The van der Waals surface area contributed by atoms with Gasteiger partial charge >= 0.3 is 0 Å². The zero-order chi connectivity index (χ0) is 16.2. The van der Waals surface area contributed by atoms with Gasteiger partial charge in [0.2, 0.25) is 0 Å². The van der Waals surface area contributed by atoms with Crippen molar-refractivity contribution in [2.45, 2.75) is 27.4 Å². The van der Waals surface area contributed by atoms with E-state index in [0.29, 0.717) is 6.61 Å². The lowest BCUT2D eigenvalue weighted by molar-refractivity contribution is 0.303. The Morgan fingerprint density at radius 3 is 2.30 bits per heavy atom. The van der Waals surface area contributed by atoms with E-state index in [1.54, 1.807) is 0 Å². The number of para-hydroxylation sites is 1. The first-order valence-corrected chi connectivity index (χ1v) is 7.83. The highest BCUT2D eigenvalue weighted by molar-refractivity contribution is 5.64. The van der Waals surface area contributed by atoms with Crippen molar-refractivity contribution in [2.75, 3.05) is 0 Å². The van der Waals surface area contributed by atoms with Crippen LogP contribution in [0.5, 0.6) is 5.75 Å². The summed E-state index contributed by atoms with van der Waals surface area (Å²) in [7, 11) is 0. The summed E-state index contributed by atoms with van der Waals surface area (Å²) in [6.07, 6.45) is 3.77. The van der Waals surface area contributed by atoms with Gasteiger partial charge in [-0.2, -0.15) is 0 Å². The van der Waals surface area contributed by atoms with E-state index < -0.39 is 0 Å². The second-order valence-corrected chi connectivity index (χ2v) is 6.01. The number of hydrogen-bond donors (Lipinski definition) is 0. The van der Waals surface area contributed by atoms with E-state index in [1.807, 2.05) is 30.6 Å². The zero-order valence-electron chi connectivity index (χ0n) is 13.8. The van der Waals surface area contributed by atoms with Crippen LogP contribution in [0.2, 0.25) is 0 Å². The third-order valence-corrected chi connectivity index (χ3v) is 3.84. The molecule has 23 heavy (non-hydrogen) atoms. The van der Waals surface area contributed by atoms with Crippen LogP contribution in [0.1, 0.15) is 22.3 Å². The molecule has 0 atom stereocenters. The highest BCUT2D eigenvalue weighted by Crippen LogP contribution is 2.23. The average Bonchev–Trinajstić information content (AvgIpc) is 2.53. The third-order valence-electron chi connectivity index (χ3n) is 3.84. The molecule has 3 rings (SSSR count). The minimum absolute atomic E-state index is 0.524. The summed E-state index contributed by atoms with van der Waals surface area (Å²) >= 11 is 0. The Kier molecular flexibility index (Phi) is 4.42. The first-order valence-electron chi connectivity index (χ1n) is 7.83. The van der Waals surface area contributed by atoms with Crippen molar-refractivity contribution in [3.8, 4) is 16.9 Å². The van der Waals surface area contributed by atoms with Gasteiger partial charge in [0.05, 0.1) is 0 Å². The Hall–Kier alpha value is -2.61. The van der Waals surface area contributed by atoms with E-state index in [1.165, 1.54) is 16.7 Å². The molecule has 0 fully saturated rings. The summed E-state index contributed by atoms with van der Waals surface area (Å²) in [5.74, 6) is 0.921. The van der Waals surface area contributed by atoms with Gasteiger partial charge in [0.1, 0.15) is 12.4 Å². The zero-order valence-corrected chi connectivity index (χ0v) is 13.8. The molecular weight excluding hydrogens is 282 g/mol. The van der Waals surface area contributed by atoms with Gasteiger partial charge in [0.25, 0.3) is 0 Å². The molecule has 0 amide bonds. The molecule has 0 aliphatic heterocycles. The number of aryl methyl sites for hydroxylation is 3. The Balaban J connectivity index is 1.81. The largest absolute Gasteiger partial charge is 0.489 e. The predicted molar refractivity (Wildman–Crippen MR) is 94.7 cm³/mol. The van der Waals surface area contributed by atoms with Crippen LogP contribution in [0.15, 0.2) is 60.9 Å². The molecule has 116 valence electrons. The van der Waals surface area contributed by atoms with Crippen molar-refractivity contribution in [2.24, 2.45) is 0 Å². The number of aromatic nitrogens is 1. The normalized spacial score (nSPS) is 10.6. The van der Waals surface area contributed by atoms with Gasteiger partial charge in [-0.05, 0) is 44.0 Å². The average molecular weight is 303 g/mol. The van der Waals surface area contributed by atoms with E-state index in [0.717, 1.165) is 22.4 Å². The predicted octanol–water partition coefficient (Wildman–Crippen LogP) is 5.25. The van der Waals surface area contributed by atoms with Crippen LogP contribution in [0.4, 0.5) is 0 Å². The molecule has 2 nitrogen and oxygen atoms in total. The summed E-state index contributed by atoms with van der Waals surface area (Å²) in [6, 6.07) is 16.8. The van der Waals surface area contributed by atoms with E-state index in [2.05, 4.69) is 56.1 Å². The number of pyridine rings is 1. The number of ether oxygens (including phenoxy) is 1. The Morgan fingerprint density at radius 1 is 0.826 bits per heavy atom. The topological polar surface area (TPSA) is 22.1 Å². The van der Waals surface area contributed by atoms with Gasteiger partial charge in [0.15, 0.2) is 0 Å². The lowest BCUT2D eigenvalue weighted by atomic mass is 10.0. The summed E-state index contributed by atoms with van der Waals surface area (Å²) in [5, 5.41) is 0. The fourth-order valence-electron chi connectivity index (χ4n) is 2.75. The van der Waals surface area contributed by atoms with E-state index >= 15 is 0 Å². The van der Waals surface area contributed by atoms with Gasteiger partial charge in [0, 0.05) is 23.5 Å². The molecule has 0 saturated heterocycles. The van der Waals surface area contributed by atoms with Crippen LogP contribution in [-0.4, -0.2) is 4.98 Å². The number of nitrogens with zero attached hydrogens (tertiary/aromatic N) is 1. The van der Waals surface area contributed by atoms with Crippen LogP contribution in [-0.2, 0) is 6.61 Å². The fourth-order valence-corrected chi connectivity index (χ4v) is 2.75. The monoisotopic (exact) mass is 303 g/mol. The first kappa shape index (κ1) is 15.3. The fraction of sp³-hybridized carbons (Fsp3) is 0.190. The molecule has 2 aromatic carbocycles. The van der Waals surface area contributed by atoms with Crippen molar-refractivity contribution < 1.29 is 4.74 Å². The van der Waals surface area contributed by atoms with Crippen molar-refractivity contribution >= 4 is 0 Å². The van der Waals surface area contributed by atoms with Crippen molar-refractivity contribution in [1.82, 2.24) is 4.98 Å². The van der Waals surface area contributed by atoms with E-state index in [4.69, 9.17) is 4.74 Å². The van der Waals surface area contributed by atoms with Crippen LogP contribution < -0.4 is 4.74 Å². The molecule has 0 N–H and O–H groups in total. The summed E-state index contributed by atoms with van der Waals surface area (Å²) in [5.41, 5.74) is 7.08. The van der Waals surface area contributed by atoms with E-state index in [9.17, 15) is 0 Å². The molecule has 1 heterocycles. The summed E-state index contributed by atoms with van der Waals surface area (Å²) in [4.78, 5) is 4.38. The lowest BCUT2D eigenvalue weighted by Gasteiger charge is -2.10. The van der Waals surface area contributed by atoms with Crippen molar-refractivity contribution in [3.05, 3.63) is 83.2 Å². The standard InChI is InChI=1S/C21H21NO/c1-15-8-16(2)10-19(9-15)20-11-18(12-22-13-20)14-23-21-7-5-4-6-17(21)3/h4-13H,14H2,1-3H3. The smallest absolute Gasteiger partial charge is 0.122 e. The van der Waals surface area contributed by atoms with Crippen LogP contribution >= 0.6 is 0 Å². The highest BCUT2D eigenvalue weighted by atomic mass is 16.5. The van der Waals surface area contributed by atoms with Crippen LogP contribution in [0, 0.1) is 20.8 Å². The number of benzene rings is 2. The van der Waals surface area contributed by atoms with Crippen LogP contribution in [0.3, 0.4) is 0 Å². The molecule has 3 aromatic rings. The molecule has 0 radical (unpaired) electrons. The SMILES string of the molecule is Cc1cc(C)cc(-c2cncc(COc3ccccc3C)c2)c1. The maximum Gasteiger partial charge on any atom is 0.122 e. The molecular formula is C21H21NO. The van der Waals surface area contributed by atoms with Gasteiger partial charge in [-0.1, -0.05) is 47.5 Å². The maximum absolute atomic E-state index is 5.92. The Labute approximate surface area is 137 Å². The van der Waals surface area contributed by atoms with E-state index in [-0.39, 0.29) is 0 Å². The van der Waals surface area contributed by atoms with Gasteiger partial charge < -0.3 is 4.74 Å². The third kappa shape index (κ3) is 3.78. The molecule has 0 aliphatic carbocycles. The van der Waals surface area contributed by atoms with Gasteiger partial charge in [-0.3, -0.25) is 4.98 Å². The molecule has 0 spiro atoms. The molecule has 1 aromatic heterocycles. The van der Waals surface area contributed by atoms with Gasteiger partial charge in [-0.25, -0.2) is 0 Å². The van der Waals surface area contributed by atoms with Crippen LogP contribution in [0.25, 0.3) is 11.1 Å². The number of hydrogen-bond acceptors (Lipinski definition) is 2. The minimum atomic E-state index is 0.524. The molecule has 0 aliphatic rings. The minimum Gasteiger partial charge on any atom is -0.489 e. The first-order chi connectivity index (χ1) is 11.1. The molecule has 0 bridgehead atoms. The summed E-state index contributed by atoms with van der Waals surface area (Å²) < 4.78 is 5.92. The van der Waals surface area contributed by atoms with Crippen molar-refractivity contribution in [1.29, 1.82) is 0 Å². The second kappa shape index (κ2) is 6.66. The lowest BCUT2D eigenvalue weighted by Crippen LogP contribution is -1.98. The maximum atomic E-state index is 5.92. The molecule has 2 heteroatoms. The second-order valence-electron chi connectivity index (χ2n) is 6.01. The number of rotatable bonds is 4. The van der Waals surface area contributed by atoms with Crippen molar-refractivity contribution in [3.63, 3.8) is 0 Å². The quantitative estimate of drug-likeness (QED) is 0.656. The Bertz CT molecular complexity index is 803. The summed E-state index contributed by atoms with van der Waals surface area (Å²) in [6.45, 7) is 6.82. The molecule has 0 unspecified atom stereocenters. The Morgan fingerprint density at radius 2 is 1.57 bits per heavy atom. The van der Waals surface area contributed by atoms with Gasteiger partial charge in [-0.15, -0.1) is 0 Å². The molecule has 0 saturated carbocycles.